The number of carbonyl (C=O) groups excluding carboxylic acids is 2. The Hall–Kier alpha value is -3.21. The molecule has 10 heteroatoms. The van der Waals surface area contributed by atoms with Crippen LogP contribution in [0.3, 0.4) is 0 Å². The Balaban J connectivity index is 1.26. The highest BCUT2D eigenvalue weighted by atomic mass is 19.1. The lowest BCUT2D eigenvalue weighted by Gasteiger charge is -2.36. The standard InChI is InChI=1S/C23H28FN5O4/c24-19-10-8-18(9-11-19)21(30)7-4-13-27-16-29(22(31)26-27)33-23(32)28-14-12-25-15-20(28)17-5-2-1-3-6-17/h1-3,5-6,8-11,20-21,25,30H,4,7,12-16H2,(H,26,31). The molecule has 176 valence electrons. The van der Waals surface area contributed by atoms with Crippen molar-refractivity contribution in [3.05, 3.63) is 71.5 Å². The number of hydroxylamine groups is 2. The molecule has 0 spiro atoms. The number of hydrazine groups is 1. The molecule has 2 unspecified atom stereocenters. The van der Waals surface area contributed by atoms with Gasteiger partial charge in [0.15, 0.2) is 0 Å². The van der Waals surface area contributed by atoms with Crippen LogP contribution >= 0.6 is 0 Å². The number of carbonyl (C=O) groups is 2. The summed E-state index contributed by atoms with van der Waals surface area (Å²) < 4.78 is 13.0. The third-order valence-electron chi connectivity index (χ3n) is 5.79. The van der Waals surface area contributed by atoms with Gasteiger partial charge in [0.1, 0.15) is 12.5 Å². The number of piperazine rings is 1. The van der Waals surface area contributed by atoms with Gasteiger partial charge in [-0.05, 0) is 36.1 Å². The van der Waals surface area contributed by atoms with Gasteiger partial charge in [-0.3, -0.25) is 10.3 Å². The fraction of sp³-hybridized carbons (Fsp3) is 0.391. The Bertz CT molecular complexity index is 946. The monoisotopic (exact) mass is 457 g/mol. The molecule has 0 radical (unpaired) electrons. The van der Waals surface area contributed by atoms with E-state index in [1.165, 1.54) is 12.1 Å². The number of nitrogens with one attached hydrogen (secondary N) is 2. The minimum atomic E-state index is -0.722. The lowest BCUT2D eigenvalue weighted by molar-refractivity contribution is -0.0802. The first-order valence-corrected chi connectivity index (χ1v) is 11.0. The molecule has 0 aliphatic carbocycles. The van der Waals surface area contributed by atoms with Gasteiger partial charge >= 0.3 is 12.1 Å². The van der Waals surface area contributed by atoms with Crippen molar-refractivity contribution < 1.29 is 23.9 Å². The summed E-state index contributed by atoms with van der Waals surface area (Å²) in [5.41, 5.74) is 4.29. The number of amides is 3. The Morgan fingerprint density at radius 3 is 2.70 bits per heavy atom. The molecule has 0 aromatic heterocycles. The second-order valence-corrected chi connectivity index (χ2v) is 8.09. The number of aliphatic hydroxyl groups is 1. The molecular weight excluding hydrogens is 429 g/mol. The highest BCUT2D eigenvalue weighted by Crippen LogP contribution is 2.24. The highest BCUT2D eigenvalue weighted by molar-refractivity contribution is 5.77. The molecule has 2 saturated heterocycles. The number of hydrogen-bond acceptors (Lipinski definition) is 6. The van der Waals surface area contributed by atoms with E-state index < -0.39 is 18.2 Å². The van der Waals surface area contributed by atoms with Crippen LogP contribution in [0.2, 0.25) is 0 Å². The van der Waals surface area contributed by atoms with E-state index in [0.29, 0.717) is 44.6 Å². The Labute approximate surface area is 191 Å². The largest absolute Gasteiger partial charge is 0.435 e. The fourth-order valence-electron chi connectivity index (χ4n) is 4.01. The van der Waals surface area contributed by atoms with Gasteiger partial charge in [0.2, 0.25) is 0 Å². The number of nitrogens with zero attached hydrogens (tertiary/aromatic N) is 3. The van der Waals surface area contributed by atoms with Gasteiger partial charge in [-0.2, -0.15) is 5.01 Å². The Morgan fingerprint density at radius 2 is 1.94 bits per heavy atom. The van der Waals surface area contributed by atoms with Crippen LogP contribution in [0, 0.1) is 5.82 Å². The number of aliphatic hydroxyl groups excluding tert-OH is 1. The quantitative estimate of drug-likeness (QED) is 0.591. The van der Waals surface area contributed by atoms with Gasteiger partial charge in [0.25, 0.3) is 0 Å². The van der Waals surface area contributed by atoms with Gasteiger partial charge in [-0.15, -0.1) is 5.06 Å². The van der Waals surface area contributed by atoms with E-state index in [1.807, 2.05) is 30.3 Å². The normalized spacial score (nSPS) is 19.9. The SMILES string of the molecule is O=C1NN(CCCC(O)c2ccc(F)cc2)CN1OC(=O)N1CCNCC1c1ccccc1. The minimum absolute atomic E-state index is 0.0826. The third-order valence-corrected chi connectivity index (χ3v) is 5.79. The molecule has 2 aliphatic heterocycles. The average Bonchev–Trinajstić information content (AvgIpc) is 3.18. The Kier molecular flexibility index (Phi) is 7.38. The molecule has 2 heterocycles. The van der Waals surface area contributed by atoms with Crippen molar-refractivity contribution in [2.45, 2.75) is 25.0 Å². The maximum Gasteiger partial charge on any atom is 0.435 e. The maximum atomic E-state index is 13.0. The lowest BCUT2D eigenvalue weighted by atomic mass is 10.0. The summed E-state index contributed by atoms with van der Waals surface area (Å²) in [7, 11) is 0. The van der Waals surface area contributed by atoms with Crippen LogP contribution in [0.4, 0.5) is 14.0 Å². The molecule has 2 atom stereocenters. The van der Waals surface area contributed by atoms with E-state index in [2.05, 4.69) is 10.7 Å². The van der Waals surface area contributed by atoms with E-state index >= 15 is 0 Å². The van der Waals surface area contributed by atoms with Crippen LogP contribution in [-0.4, -0.2) is 65.1 Å². The van der Waals surface area contributed by atoms with E-state index in [9.17, 15) is 19.1 Å². The first-order valence-electron chi connectivity index (χ1n) is 11.0. The molecule has 33 heavy (non-hydrogen) atoms. The van der Waals surface area contributed by atoms with E-state index in [0.717, 1.165) is 10.6 Å². The summed E-state index contributed by atoms with van der Waals surface area (Å²) >= 11 is 0. The number of rotatable bonds is 7. The average molecular weight is 458 g/mol. The smallest absolute Gasteiger partial charge is 0.388 e. The van der Waals surface area contributed by atoms with Crippen LogP contribution in [0.5, 0.6) is 0 Å². The highest BCUT2D eigenvalue weighted by Gasteiger charge is 2.35. The molecule has 2 fully saturated rings. The molecule has 0 bridgehead atoms. The van der Waals surface area contributed by atoms with Crippen molar-refractivity contribution in [1.82, 2.24) is 25.7 Å². The molecule has 9 nitrogen and oxygen atoms in total. The number of urea groups is 1. The second kappa shape index (κ2) is 10.6. The molecule has 2 aromatic carbocycles. The predicted octanol–water partition coefficient (Wildman–Crippen LogP) is 2.54. The van der Waals surface area contributed by atoms with Crippen molar-refractivity contribution in [3.8, 4) is 0 Å². The number of halogens is 1. The van der Waals surface area contributed by atoms with Crippen LogP contribution in [0.25, 0.3) is 0 Å². The zero-order valence-electron chi connectivity index (χ0n) is 18.2. The van der Waals surface area contributed by atoms with Crippen molar-refractivity contribution in [3.63, 3.8) is 0 Å². The summed E-state index contributed by atoms with van der Waals surface area (Å²) in [5.74, 6) is -0.351. The summed E-state index contributed by atoms with van der Waals surface area (Å²) in [6.45, 7) is 2.26. The zero-order chi connectivity index (χ0) is 23.2. The van der Waals surface area contributed by atoms with Crippen LogP contribution < -0.4 is 10.7 Å². The summed E-state index contributed by atoms with van der Waals surface area (Å²) in [6, 6.07) is 14.7. The van der Waals surface area contributed by atoms with Crippen molar-refractivity contribution >= 4 is 12.1 Å². The van der Waals surface area contributed by atoms with Gasteiger partial charge in [0, 0.05) is 26.2 Å². The van der Waals surface area contributed by atoms with Gasteiger partial charge in [-0.25, -0.2) is 14.0 Å². The van der Waals surface area contributed by atoms with Crippen molar-refractivity contribution in [2.75, 3.05) is 32.8 Å². The van der Waals surface area contributed by atoms with Crippen LogP contribution in [0.1, 0.15) is 36.1 Å². The summed E-state index contributed by atoms with van der Waals surface area (Å²) in [6.07, 6.45) is -0.277. The molecule has 0 saturated carbocycles. The maximum absolute atomic E-state index is 13.0. The number of hydrogen-bond donors (Lipinski definition) is 3. The second-order valence-electron chi connectivity index (χ2n) is 8.09. The molecule has 2 aromatic rings. The zero-order valence-corrected chi connectivity index (χ0v) is 18.2. The van der Waals surface area contributed by atoms with E-state index in [-0.39, 0.29) is 18.5 Å². The summed E-state index contributed by atoms with van der Waals surface area (Å²) in [5, 5.41) is 16.2. The van der Waals surface area contributed by atoms with E-state index in [4.69, 9.17) is 4.84 Å². The lowest BCUT2D eigenvalue weighted by Crippen LogP contribution is -2.50. The fourth-order valence-corrected chi connectivity index (χ4v) is 4.01. The summed E-state index contributed by atoms with van der Waals surface area (Å²) in [4.78, 5) is 32.2. The first-order chi connectivity index (χ1) is 16.0. The molecule has 2 aliphatic rings. The minimum Gasteiger partial charge on any atom is -0.388 e. The molecule has 3 N–H and O–H groups in total. The van der Waals surface area contributed by atoms with Crippen LogP contribution in [-0.2, 0) is 4.84 Å². The van der Waals surface area contributed by atoms with Crippen molar-refractivity contribution in [2.24, 2.45) is 0 Å². The Morgan fingerprint density at radius 1 is 1.18 bits per heavy atom. The van der Waals surface area contributed by atoms with Gasteiger partial charge in [-0.1, -0.05) is 42.5 Å². The van der Waals surface area contributed by atoms with Gasteiger partial charge < -0.3 is 15.3 Å². The molecular formula is C23H28FN5O4. The third kappa shape index (κ3) is 5.78. The van der Waals surface area contributed by atoms with Gasteiger partial charge in [0.05, 0.1) is 12.1 Å². The first kappa shape index (κ1) is 23.0. The van der Waals surface area contributed by atoms with Crippen LogP contribution in [0.15, 0.2) is 54.6 Å². The molecule has 4 rings (SSSR count). The predicted molar refractivity (Wildman–Crippen MR) is 118 cm³/mol. The molecule has 3 amide bonds. The topological polar surface area (TPSA) is 97.4 Å². The van der Waals surface area contributed by atoms with E-state index in [1.54, 1.807) is 22.0 Å². The number of benzene rings is 2. The van der Waals surface area contributed by atoms with Crippen molar-refractivity contribution in [1.29, 1.82) is 0 Å².